The molecule has 0 saturated heterocycles. The van der Waals surface area contributed by atoms with Crippen LogP contribution < -0.4 is 5.32 Å². The van der Waals surface area contributed by atoms with Crippen molar-refractivity contribution in [1.82, 2.24) is 15.0 Å². The van der Waals surface area contributed by atoms with E-state index in [4.69, 9.17) is 16.0 Å². The molecule has 0 aromatic carbocycles. The van der Waals surface area contributed by atoms with Gasteiger partial charge in [-0.2, -0.15) is 0 Å². The molecule has 1 amide bonds. The number of carbonyl (C=O) groups excluding carboxylic acids is 1. The molecule has 2 rings (SSSR count). The lowest BCUT2D eigenvalue weighted by Crippen LogP contribution is -2.13. The Bertz CT molecular complexity index is 508. The lowest BCUT2D eigenvalue weighted by molar-refractivity contribution is 0.0995. The highest BCUT2D eigenvalue weighted by atomic mass is 35.5. The highest BCUT2D eigenvalue weighted by molar-refractivity contribution is 6.29. The normalized spacial score (nSPS) is 10.1. The highest BCUT2D eigenvalue weighted by Gasteiger charge is 2.14. The van der Waals surface area contributed by atoms with Gasteiger partial charge < -0.3 is 9.73 Å². The van der Waals surface area contributed by atoms with E-state index >= 15 is 0 Å². The zero-order chi connectivity index (χ0) is 11.5. The fourth-order valence-electron chi connectivity index (χ4n) is 1.07. The summed E-state index contributed by atoms with van der Waals surface area (Å²) in [5.41, 5.74) is 0.513. The Balaban J connectivity index is 2.14. The van der Waals surface area contributed by atoms with Gasteiger partial charge in [0.25, 0.3) is 5.91 Å². The average Bonchev–Trinajstić information content (AvgIpc) is 2.68. The summed E-state index contributed by atoms with van der Waals surface area (Å²) in [5, 5.41) is 2.77. The van der Waals surface area contributed by atoms with Gasteiger partial charge in [-0.1, -0.05) is 11.6 Å². The molecule has 0 aliphatic rings. The van der Waals surface area contributed by atoms with E-state index in [2.05, 4.69) is 20.3 Å². The van der Waals surface area contributed by atoms with Crippen molar-refractivity contribution < 1.29 is 9.21 Å². The van der Waals surface area contributed by atoms with E-state index in [1.807, 2.05) is 0 Å². The van der Waals surface area contributed by atoms with Crippen molar-refractivity contribution in [3.05, 3.63) is 35.4 Å². The fourth-order valence-corrected chi connectivity index (χ4v) is 1.17. The maximum atomic E-state index is 11.6. The van der Waals surface area contributed by atoms with Crippen LogP contribution in [-0.2, 0) is 0 Å². The fraction of sp³-hybridized carbons (Fsp3) is 0.111. The largest absolute Gasteiger partial charge is 0.438 e. The second kappa shape index (κ2) is 4.28. The number of rotatable bonds is 2. The average molecular weight is 239 g/mol. The van der Waals surface area contributed by atoms with E-state index in [1.165, 1.54) is 18.8 Å². The summed E-state index contributed by atoms with van der Waals surface area (Å²) in [6.45, 7) is 1.67. The van der Waals surface area contributed by atoms with Crippen LogP contribution in [0.4, 0.5) is 5.82 Å². The van der Waals surface area contributed by atoms with Crippen LogP contribution in [0.1, 0.15) is 16.2 Å². The molecule has 2 aromatic heterocycles. The summed E-state index contributed by atoms with van der Waals surface area (Å²) >= 11 is 5.56. The maximum absolute atomic E-state index is 11.6. The van der Waals surface area contributed by atoms with E-state index in [-0.39, 0.29) is 10.9 Å². The summed E-state index contributed by atoms with van der Waals surface area (Å²) in [7, 11) is 0. The number of hydrogen-bond acceptors (Lipinski definition) is 5. The number of nitrogens with one attached hydrogen (secondary N) is 1. The first-order valence-corrected chi connectivity index (χ1v) is 4.73. The van der Waals surface area contributed by atoms with Crippen LogP contribution in [0.25, 0.3) is 0 Å². The minimum absolute atomic E-state index is 0.150. The molecule has 0 bridgehead atoms. The van der Waals surface area contributed by atoms with Crippen LogP contribution >= 0.6 is 11.6 Å². The van der Waals surface area contributed by atoms with Crippen molar-refractivity contribution in [2.45, 2.75) is 6.92 Å². The van der Waals surface area contributed by atoms with Crippen LogP contribution in [0, 0.1) is 6.92 Å². The van der Waals surface area contributed by atoms with Gasteiger partial charge >= 0.3 is 0 Å². The minimum atomic E-state index is -0.424. The number of nitrogens with zero attached hydrogens (tertiary/aromatic N) is 3. The van der Waals surface area contributed by atoms with Gasteiger partial charge in [-0.15, -0.1) is 0 Å². The molecule has 0 atom stereocenters. The molecule has 2 heterocycles. The molecular formula is C9H7ClN4O2. The molecule has 0 radical (unpaired) electrons. The number of oxazole rings is 1. The zero-order valence-electron chi connectivity index (χ0n) is 8.27. The van der Waals surface area contributed by atoms with Gasteiger partial charge in [0, 0.05) is 0 Å². The predicted octanol–water partition coefficient (Wildman–Crippen LogP) is 1.68. The van der Waals surface area contributed by atoms with Crippen molar-refractivity contribution in [1.29, 1.82) is 0 Å². The standard InChI is InChI=1S/C9H7ClN4O2/c1-5-8(16-4-13-5)9(15)14-7-3-11-6(10)2-12-7/h2-4H,1H3,(H,12,14,15). The molecule has 82 valence electrons. The Kier molecular flexibility index (Phi) is 2.82. The first kappa shape index (κ1) is 10.6. The predicted molar refractivity (Wildman–Crippen MR) is 56.2 cm³/mol. The summed E-state index contributed by atoms with van der Waals surface area (Å²) in [4.78, 5) is 23.1. The van der Waals surface area contributed by atoms with Gasteiger partial charge in [-0.25, -0.2) is 15.0 Å². The van der Waals surface area contributed by atoms with Crippen molar-refractivity contribution in [2.24, 2.45) is 0 Å². The van der Waals surface area contributed by atoms with Crippen LogP contribution in [-0.4, -0.2) is 20.9 Å². The molecule has 1 N–H and O–H groups in total. The maximum Gasteiger partial charge on any atom is 0.294 e. The number of amides is 1. The molecular weight excluding hydrogens is 232 g/mol. The first-order chi connectivity index (χ1) is 7.66. The van der Waals surface area contributed by atoms with Gasteiger partial charge in [0.2, 0.25) is 5.76 Å². The number of halogens is 1. The summed E-state index contributed by atoms with van der Waals surface area (Å²) in [5.74, 6) is 0.0218. The molecule has 0 unspecified atom stereocenters. The van der Waals surface area contributed by atoms with E-state index in [0.717, 1.165) is 0 Å². The molecule has 6 nitrogen and oxygen atoms in total. The molecule has 7 heteroatoms. The first-order valence-electron chi connectivity index (χ1n) is 4.36. The van der Waals surface area contributed by atoms with Crippen molar-refractivity contribution in [3.63, 3.8) is 0 Å². The molecule has 16 heavy (non-hydrogen) atoms. The van der Waals surface area contributed by atoms with Crippen LogP contribution in [0.15, 0.2) is 23.2 Å². The smallest absolute Gasteiger partial charge is 0.294 e. The molecule has 0 aliphatic carbocycles. The van der Waals surface area contributed by atoms with Gasteiger partial charge in [0.1, 0.15) is 5.15 Å². The minimum Gasteiger partial charge on any atom is -0.438 e. The summed E-state index contributed by atoms with van der Waals surface area (Å²) in [6, 6.07) is 0. The summed E-state index contributed by atoms with van der Waals surface area (Å²) < 4.78 is 4.92. The lowest BCUT2D eigenvalue weighted by Gasteiger charge is -2.01. The number of aromatic nitrogens is 3. The molecule has 0 spiro atoms. The topological polar surface area (TPSA) is 80.9 Å². The third-order valence-corrected chi connectivity index (χ3v) is 2.01. The van der Waals surface area contributed by atoms with Crippen molar-refractivity contribution >= 4 is 23.3 Å². The van der Waals surface area contributed by atoms with Gasteiger partial charge in [0.15, 0.2) is 12.2 Å². The number of hydrogen-bond donors (Lipinski definition) is 1. The van der Waals surface area contributed by atoms with E-state index in [9.17, 15) is 4.79 Å². The van der Waals surface area contributed by atoms with Crippen LogP contribution in [0.5, 0.6) is 0 Å². The summed E-state index contributed by atoms with van der Waals surface area (Å²) in [6.07, 6.45) is 3.90. The Morgan fingerprint density at radius 1 is 1.38 bits per heavy atom. The zero-order valence-corrected chi connectivity index (χ0v) is 9.02. The molecule has 0 aliphatic heterocycles. The quantitative estimate of drug-likeness (QED) is 0.861. The number of carbonyl (C=O) groups is 1. The monoisotopic (exact) mass is 238 g/mol. The second-order valence-corrected chi connectivity index (χ2v) is 3.33. The third-order valence-electron chi connectivity index (χ3n) is 1.81. The molecule has 0 fully saturated rings. The van der Waals surface area contributed by atoms with Crippen LogP contribution in [0.2, 0.25) is 5.15 Å². The SMILES string of the molecule is Cc1ncoc1C(=O)Nc1cnc(Cl)cn1. The van der Waals surface area contributed by atoms with Crippen molar-refractivity contribution in [2.75, 3.05) is 5.32 Å². The van der Waals surface area contributed by atoms with E-state index < -0.39 is 5.91 Å². The molecule has 0 saturated carbocycles. The van der Waals surface area contributed by atoms with E-state index in [1.54, 1.807) is 6.92 Å². The Morgan fingerprint density at radius 2 is 2.19 bits per heavy atom. The van der Waals surface area contributed by atoms with Crippen LogP contribution in [0.3, 0.4) is 0 Å². The third kappa shape index (κ3) is 2.17. The van der Waals surface area contributed by atoms with Gasteiger partial charge in [0.05, 0.1) is 18.1 Å². The van der Waals surface area contributed by atoms with E-state index in [0.29, 0.717) is 11.5 Å². The lowest BCUT2D eigenvalue weighted by atomic mass is 10.3. The Morgan fingerprint density at radius 3 is 2.75 bits per heavy atom. The van der Waals surface area contributed by atoms with Crippen molar-refractivity contribution in [3.8, 4) is 0 Å². The van der Waals surface area contributed by atoms with Gasteiger partial charge in [-0.05, 0) is 6.92 Å². The Hall–Kier alpha value is -1.95. The van der Waals surface area contributed by atoms with Gasteiger partial charge in [-0.3, -0.25) is 4.79 Å². The molecule has 2 aromatic rings. The number of anilines is 1. The Labute approximate surface area is 95.7 Å². The number of aryl methyl sites for hydroxylation is 1. The highest BCUT2D eigenvalue weighted by Crippen LogP contribution is 2.09. The second-order valence-electron chi connectivity index (χ2n) is 2.95.